The third-order valence-electron chi connectivity index (χ3n) is 5.39. The molecule has 1 aliphatic carbocycles. The van der Waals surface area contributed by atoms with E-state index in [1.165, 1.54) is 25.7 Å². The highest BCUT2D eigenvalue weighted by atomic mass is 16.2. The summed E-state index contributed by atoms with van der Waals surface area (Å²) in [5, 5.41) is 3.16. The fourth-order valence-electron chi connectivity index (χ4n) is 3.94. The van der Waals surface area contributed by atoms with Gasteiger partial charge >= 0.3 is 0 Å². The van der Waals surface area contributed by atoms with Crippen LogP contribution in [0, 0.1) is 5.92 Å². The largest absolute Gasteiger partial charge is 0.348 e. The lowest BCUT2D eigenvalue weighted by atomic mass is 10.0. The van der Waals surface area contributed by atoms with E-state index in [0.717, 1.165) is 38.0 Å². The van der Waals surface area contributed by atoms with Crippen molar-refractivity contribution in [3.63, 3.8) is 0 Å². The van der Waals surface area contributed by atoms with E-state index in [9.17, 15) is 9.59 Å². The summed E-state index contributed by atoms with van der Waals surface area (Å²) in [7, 11) is 0. The molecule has 0 spiro atoms. The third kappa shape index (κ3) is 4.77. The van der Waals surface area contributed by atoms with Crippen molar-refractivity contribution in [2.45, 2.75) is 64.3 Å². The molecule has 2 aliphatic rings. The molecule has 6 nitrogen and oxygen atoms in total. The second kappa shape index (κ2) is 8.41. The van der Waals surface area contributed by atoms with Gasteiger partial charge in [-0.25, -0.2) is 4.98 Å². The number of nitrogens with one attached hydrogen (secondary N) is 1. The first-order chi connectivity index (χ1) is 12.1. The molecular weight excluding hydrogens is 316 g/mol. The van der Waals surface area contributed by atoms with Crippen LogP contribution in [0.3, 0.4) is 0 Å². The Morgan fingerprint density at radius 2 is 1.84 bits per heavy atom. The second-order valence-corrected chi connectivity index (χ2v) is 7.34. The molecule has 1 N–H and O–H groups in total. The summed E-state index contributed by atoms with van der Waals surface area (Å²) in [5.74, 6) is 0.370. The molecule has 136 valence electrons. The van der Waals surface area contributed by atoms with E-state index in [0.29, 0.717) is 18.0 Å². The Labute approximate surface area is 149 Å². The van der Waals surface area contributed by atoms with Crippen molar-refractivity contribution >= 4 is 11.8 Å². The van der Waals surface area contributed by atoms with Gasteiger partial charge in [0, 0.05) is 38.4 Å². The molecule has 2 amide bonds. The van der Waals surface area contributed by atoms with E-state index >= 15 is 0 Å². The quantitative estimate of drug-likeness (QED) is 0.851. The fraction of sp³-hybridized carbons (Fsp3) is 0.684. The van der Waals surface area contributed by atoms with Gasteiger partial charge in [0.25, 0.3) is 5.91 Å². The first-order valence-corrected chi connectivity index (χ1v) is 9.49. The topological polar surface area (TPSA) is 75.2 Å². The molecule has 0 aromatic carbocycles. The van der Waals surface area contributed by atoms with Gasteiger partial charge in [-0.2, -0.15) is 0 Å². The van der Waals surface area contributed by atoms with Crippen LogP contribution in [0.25, 0.3) is 0 Å². The minimum Gasteiger partial charge on any atom is -0.348 e. The van der Waals surface area contributed by atoms with E-state index < -0.39 is 0 Å². The Kier molecular flexibility index (Phi) is 6.00. The maximum absolute atomic E-state index is 12.7. The summed E-state index contributed by atoms with van der Waals surface area (Å²) in [4.78, 5) is 34.8. The van der Waals surface area contributed by atoms with Gasteiger partial charge in [0.1, 0.15) is 5.69 Å². The Bertz CT molecular complexity index is 611. The summed E-state index contributed by atoms with van der Waals surface area (Å²) in [6, 6.07) is 0.254. The van der Waals surface area contributed by atoms with Gasteiger partial charge in [-0.1, -0.05) is 25.7 Å². The van der Waals surface area contributed by atoms with Crippen LogP contribution in [0.2, 0.25) is 0 Å². The molecular formula is C19H28N4O2. The molecule has 3 rings (SSSR count). The van der Waals surface area contributed by atoms with Gasteiger partial charge in [0.05, 0.1) is 5.69 Å². The highest BCUT2D eigenvalue weighted by Gasteiger charge is 2.27. The Morgan fingerprint density at radius 1 is 1.12 bits per heavy atom. The van der Waals surface area contributed by atoms with Crippen LogP contribution >= 0.6 is 0 Å². The predicted octanol–water partition coefficient (Wildman–Crippen LogP) is 2.34. The standard InChI is InChI=1S/C19H28N4O2/c1-14(24)23-11-8-15(13-23)12-17-18(21-10-9-20-17)19(25)22-16-6-4-2-3-5-7-16/h9-10,15-16H,2-8,11-13H2,1H3,(H,22,25)/t15-/m0/s1. The van der Waals surface area contributed by atoms with E-state index in [1.54, 1.807) is 19.3 Å². The number of hydrogen-bond donors (Lipinski definition) is 1. The Hall–Kier alpha value is -1.98. The van der Waals surface area contributed by atoms with Gasteiger partial charge in [0.2, 0.25) is 5.91 Å². The molecule has 1 aromatic rings. The molecule has 0 bridgehead atoms. The number of hydrogen-bond acceptors (Lipinski definition) is 4. The van der Waals surface area contributed by atoms with E-state index in [2.05, 4.69) is 15.3 Å². The van der Waals surface area contributed by atoms with Gasteiger partial charge in [-0.15, -0.1) is 0 Å². The predicted molar refractivity (Wildman–Crippen MR) is 95.1 cm³/mol. The first kappa shape index (κ1) is 17.8. The number of aromatic nitrogens is 2. The molecule has 0 radical (unpaired) electrons. The number of carbonyl (C=O) groups excluding carboxylic acids is 2. The van der Waals surface area contributed by atoms with Crippen LogP contribution < -0.4 is 5.32 Å². The van der Waals surface area contributed by atoms with Crippen LogP contribution in [0.4, 0.5) is 0 Å². The van der Waals surface area contributed by atoms with Crippen molar-refractivity contribution in [3.8, 4) is 0 Å². The second-order valence-electron chi connectivity index (χ2n) is 7.34. The van der Waals surface area contributed by atoms with Crippen molar-refractivity contribution in [2.24, 2.45) is 5.92 Å². The van der Waals surface area contributed by atoms with Gasteiger partial charge in [0.15, 0.2) is 0 Å². The van der Waals surface area contributed by atoms with Crippen LogP contribution in [-0.4, -0.2) is 45.8 Å². The van der Waals surface area contributed by atoms with E-state index in [1.807, 2.05) is 4.90 Å². The number of likely N-dealkylation sites (tertiary alicyclic amines) is 1. The van der Waals surface area contributed by atoms with E-state index in [4.69, 9.17) is 0 Å². The molecule has 1 atom stereocenters. The minimum absolute atomic E-state index is 0.101. The fourth-order valence-corrected chi connectivity index (χ4v) is 3.94. The molecule has 2 fully saturated rings. The molecule has 0 unspecified atom stereocenters. The van der Waals surface area contributed by atoms with Crippen LogP contribution in [0.5, 0.6) is 0 Å². The summed E-state index contributed by atoms with van der Waals surface area (Å²) < 4.78 is 0. The zero-order chi connectivity index (χ0) is 17.6. The molecule has 2 heterocycles. The van der Waals surface area contributed by atoms with Gasteiger partial charge < -0.3 is 10.2 Å². The SMILES string of the molecule is CC(=O)N1CC[C@@H](Cc2nccnc2C(=O)NC2CCCCCC2)C1. The van der Waals surface area contributed by atoms with Crippen molar-refractivity contribution in [1.29, 1.82) is 0 Å². The summed E-state index contributed by atoms with van der Waals surface area (Å²) in [6.07, 6.45) is 11.9. The zero-order valence-electron chi connectivity index (χ0n) is 15.0. The van der Waals surface area contributed by atoms with Crippen molar-refractivity contribution in [3.05, 3.63) is 23.8 Å². The third-order valence-corrected chi connectivity index (χ3v) is 5.39. The molecule has 1 saturated carbocycles. The molecule has 1 aromatic heterocycles. The monoisotopic (exact) mass is 344 g/mol. The molecule has 1 aliphatic heterocycles. The smallest absolute Gasteiger partial charge is 0.271 e. The number of carbonyl (C=O) groups is 2. The lowest BCUT2D eigenvalue weighted by Crippen LogP contribution is -2.36. The summed E-state index contributed by atoms with van der Waals surface area (Å²) in [6.45, 7) is 3.15. The molecule has 25 heavy (non-hydrogen) atoms. The van der Waals surface area contributed by atoms with E-state index in [-0.39, 0.29) is 17.9 Å². The number of nitrogens with zero attached hydrogens (tertiary/aromatic N) is 3. The average molecular weight is 344 g/mol. The highest BCUT2D eigenvalue weighted by molar-refractivity contribution is 5.93. The van der Waals surface area contributed by atoms with Gasteiger partial charge in [-0.05, 0) is 31.6 Å². The van der Waals surface area contributed by atoms with Crippen molar-refractivity contribution in [2.75, 3.05) is 13.1 Å². The molecule has 6 heteroatoms. The van der Waals surface area contributed by atoms with Crippen LogP contribution in [0.1, 0.15) is 68.1 Å². The lowest BCUT2D eigenvalue weighted by Gasteiger charge is -2.18. The minimum atomic E-state index is -0.101. The van der Waals surface area contributed by atoms with Crippen molar-refractivity contribution in [1.82, 2.24) is 20.2 Å². The average Bonchev–Trinajstić information content (AvgIpc) is 2.92. The summed E-state index contributed by atoms with van der Waals surface area (Å²) >= 11 is 0. The normalized spacial score (nSPS) is 21.8. The van der Waals surface area contributed by atoms with Crippen LogP contribution in [0.15, 0.2) is 12.4 Å². The first-order valence-electron chi connectivity index (χ1n) is 9.49. The van der Waals surface area contributed by atoms with Crippen molar-refractivity contribution < 1.29 is 9.59 Å². The highest BCUT2D eigenvalue weighted by Crippen LogP contribution is 2.22. The lowest BCUT2D eigenvalue weighted by molar-refractivity contribution is -0.127. The van der Waals surface area contributed by atoms with Crippen LogP contribution in [-0.2, 0) is 11.2 Å². The molecule has 1 saturated heterocycles. The Balaban J connectivity index is 1.64. The zero-order valence-corrected chi connectivity index (χ0v) is 15.0. The maximum atomic E-state index is 12.7. The number of rotatable bonds is 4. The Morgan fingerprint density at radius 3 is 2.52 bits per heavy atom. The van der Waals surface area contributed by atoms with Gasteiger partial charge in [-0.3, -0.25) is 14.6 Å². The summed E-state index contributed by atoms with van der Waals surface area (Å²) in [5.41, 5.74) is 1.21. The maximum Gasteiger partial charge on any atom is 0.271 e. The number of amides is 2.